The Morgan fingerprint density at radius 1 is 1.32 bits per heavy atom. The van der Waals surface area contributed by atoms with Crippen LogP contribution in [0.1, 0.15) is 24.3 Å². The molecule has 0 saturated heterocycles. The van der Waals surface area contributed by atoms with Crippen LogP contribution in [0.5, 0.6) is 0 Å². The molecule has 0 aliphatic heterocycles. The zero-order valence-corrected chi connectivity index (χ0v) is 11.8. The molecule has 1 heterocycles. The van der Waals surface area contributed by atoms with E-state index in [1.807, 2.05) is 37.2 Å². The van der Waals surface area contributed by atoms with Gasteiger partial charge in [-0.05, 0) is 36.0 Å². The van der Waals surface area contributed by atoms with Gasteiger partial charge in [-0.25, -0.2) is 0 Å². The van der Waals surface area contributed by atoms with E-state index in [9.17, 15) is 0 Å². The van der Waals surface area contributed by atoms with Gasteiger partial charge in [0.15, 0.2) is 0 Å². The van der Waals surface area contributed by atoms with Gasteiger partial charge in [-0.1, -0.05) is 29.8 Å². The molecule has 0 spiro atoms. The molecule has 1 saturated carbocycles. The van der Waals surface area contributed by atoms with Crippen molar-refractivity contribution in [2.45, 2.75) is 24.7 Å². The van der Waals surface area contributed by atoms with E-state index in [4.69, 9.17) is 16.1 Å². The van der Waals surface area contributed by atoms with Crippen LogP contribution in [0.15, 0.2) is 28.8 Å². The zero-order chi connectivity index (χ0) is 13.5. The monoisotopic (exact) mass is 277 g/mol. The highest BCUT2D eigenvalue weighted by molar-refractivity contribution is 6.31. The average molecular weight is 278 g/mol. The zero-order valence-electron chi connectivity index (χ0n) is 11.1. The molecule has 1 aliphatic rings. The Kier molecular flexibility index (Phi) is 2.97. The Balaban J connectivity index is 1.85. The number of benzene rings is 1. The molecule has 0 bridgehead atoms. The van der Waals surface area contributed by atoms with Gasteiger partial charge >= 0.3 is 0 Å². The molecule has 1 aromatic carbocycles. The van der Waals surface area contributed by atoms with Crippen LogP contribution < -0.4 is 4.90 Å². The molecule has 4 nitrogen and oxygen atoms in total. The topological polar surface area (TPSA) is 42.2 Å². The Bertz CT molecular complexity index is 590. The first-order valence-corrected chi connectivity index (χ1v) is 6.73. The van der Waals surface area contributed by atoms with Gasteiger partial charge in [0.25, 0.3) is 5.95 Å². The predicted molar refractivity (Wildman–Crippen MR) is 74.7 cm³/mol. The van der Waals surface area contributed by atoms with Crippen LogP contribution in [0.25, 0.3) is 0 Å². The van der Waals surface area contributed by atoms with Crippen molar-refractivity contribution in [3.05, 3.63) is 40.7 Å². The Morgan fingerprint density at radius 2 is 2.05 bits per heavy atom. The lowest BCUT2D eigenvalue weighted by atomic mass is 9.96. The van der Waals surface area contributed by atoms with Crippen molar-refractivity contribution in [2.75, 3.05) is 19.0 Å². The van der Waals surface area contributed by atoms with Crippen molar-refractivity contribution >= 4 is 17.5 Å². The van der Waals surface area contributed by atoms with Crippen molar-refractivity contribution in [2.24, 2.45) is 0 Å². The Hall–Kier alpha value is -1.55. The summed E-state index contributed by atoms with van der Waals surface area (Å²) in [6.07, 6.45) is 3.02. The van der Waals surface area contributed by atoms with Crippen LogP contribution in [0, 0.1) is 0 Å². The van der Waals surface area contributed by atoms with Gasteiger partial charge in [-0.15, -0.1) is 0 Å². The van der Waals surface area contributed by atoms with Gasteiger partial charge in [-0.3, -0.25) is 0 Å². The van der Waals surface area contributed by atoms with Crippen LogP contribution >= 0.6 is 11.6 Å². The quantitative estimate of drug-likeness (QED) is 0.861. The number of hydrogen-bond donors (Lipinski definition) is 0. The molecule has 5 heteroatoms. The fourth-order valence-corrected chi connectivity index (χ4v) is 2.44. The van der Waals surface area contributed by atoms with E-state index >= 15 is 0 Å². The van der Waals surface area contributed by atoms with Gasteiger partial charge in [0.2, 0.25) is 5.89 Å². The first-order chi connectivity index (χ1) is 9.11. The maximum absolute atomic E-state index is 6.23. The van der Waals surface area contributed by atoms with E-state index in [1.54, 1.807) is 0 Å². The minimum Gasteiger partial charge on any atom is -0.344 e. The lowest BCUT2D eigenvalue weighted by molar-refractivity contribution is 0.343. The van der Waals surface area contributed by atoms with Crippen molar-refractivity contribution in [3.63, 3.8) is 0 Å². The maximum atomic E-state index is 6.23. The predicted octanol–water partition coefficient (Wildman–Crippen LogP) is 3.06. The SMILES string of the molecule is CN(C)c1noc(C2(Cc3ccccc3Cl)CC2)n1. The summed E-state index contributed by atoms with van der Waals surface area (Å²) in [6.45, 7) is 0. The molecule has 19 heavy (non-hydrogen) atoms. The van der Waals surface area contributed by atoms with E-state index in [-0.39, 0.29) is 5.41 Å². The second kappa shape index (κ2) is 4.53. The molecule has 0 amide bonds. The Morgan fingerprint density at radius 3 is 2.63 bits per heavy atom. The van der Waals surface area contributed by atoms with Gasteiger partial charge in [-0.2, -0.15) is 4.98 Å². The van der Waals surface area contributed by atoms with Crippen molar-refractivity contribution in [1.82, 2.24) is 10.1 Å². The third-order valence-corrected chi connectivity index (χ3v) is 3.98. The lowest BCUT2D eigenvalue weighted by Crippen LogP contribution is -2.13. The molecule has 3 rings (SSSR count). The molecular weight excluding hydrogens is 262 g/mol. The summed E-state index contributed by atoms with van der Waals surface area (Å²) in [5.74, 6) is 1.36. The second-order valence-electron chi connectivity index (χ2n) is 5.34. The first-order valence-electron chi connectivity index (χ1n) is 6.36. The van der Waals surface area contributed by atoms with Gasteiger partial charge in [0.05, 0.1) is 5.41 Å². The fourth-order valence-electron chi connectivity index (χ4n) is 2.24. The minimum absolute atomic E-state index is 0.00769. The summed E-state index contributed by atoms with van der Waals surface area (Å²) in [5, 5.41) is 4.80. The summed E-state index contributed by atoms with van der Waals surface area (Å²) in [5.41, 5.74) is 1.14. The molecule has 0 atom stereocenters. The molecular formula is C14H16ClN3O. The fraction of sp³-hybridized carbons (Fsp3) is 0.429. The number of aromatic nitrogens is 2. The highest BCUT2D eigenvalue weighted by Gasteiger charge is 2.49. The largest absolute Gasteiger partial charge is 0.344 e. The average Bonchev–Trinajstić information content (AvgIpc) is 2.99. The highest BCUT2D eigenvalue weighted by Crippen LogP contribution is 2.50. The van der Waals surface area contributed by atoms with Gasteiger partial charge in [0, 0.05) is 19.1 Å². The summed E-state index contributed by atoms with van der Waals surface area (Å²) in [6, 6.07) is 7.94. The van der Waals surface area contributed by atoms with Crippen molar-refractivity contribution < 1.29 is 4.52 Å². The standard InChI is InChI=1S/C14H16ClN3O/c1-18(2)13-16-12(19-17-13)14(7-8-14)9-10-5-3-4-6-11(10)15/h3-6H,7-9H2,1-2H3. The number of anilines is 1. The molecule has 2 aromatic rings. The molecule has 1 aliphatic carbocycles. The summed E-state index contributed by atoms with van der Waals surface area (Å²) >= 11 is 6.23. The summed E-state index contributed by atoms with van der Waals surface area (Å²) < 4.78 is 5.42. The van der Waals surface area contributed by atoms with Crippen molar-refractivity contribution in [3.8, 4) is 0 Å². The third-order valence-electron chi connectivity index (χ3n) is 3.61. The maximum Gasteiger partial charge on any atom is 0.265 e. The van der Waals surface area contributed by atoms with Gasteiger partial charge < -0.3 is 9.42 Å². The smallest absolute Gasteiger partial charge is 0.265 e. The normalized spacial score (nSPS) is 16.4. The van der Waals surface area contributed by atoms with Crippen LogP contribution in [0.2, 0.25) is 5.02 Å². The molecule has 100 valence electrons. The van der Waals surface area contributed by atoms with Gasteiger partial charge in [0.1, 0.15) is 0 Å². The van der Waals surface area contributed by atoms with Crippen LogP contribution in [0.4, 0.5) is 5.95 Å². The Labute approximate surface area is 117 Å². The summed E-state index contributed by atoms with van der Waals surface area (Å²) in [7, 11) is 3.81. The number of rotatable bonds is 4. The molecule has 0 unspecified atom stereocenters. The molecule has 1 aromatic heterocycles. The third kappa shape index (κ3) is 2.32. The van der Waals surface area contributed by atoms with Crippen LogP contribution in [-0.2, 0) is 11.8 Å². The summed E-state index contributed by atoms with van der Waals surface area (Å²) in [4.78, 5) is 6.32. The first kappa shape index (κ1) is 12.5. The number of nitrogens with zero attached hydrogens (tertiary/aromatic N) is 3. The van der Waals surface area contributed by atoms with E-state index in [1.165, 1.54) is 0 Å². The second-order valence-corrected chi connectivity index (χ2v) is 5.75. The van der Waals surface area contributed by atoms with E-state index in [2.05, 4.69) is 16.2 Å². The molecule has 1 fully saturated rings. The number of halogens is 1. The van der Waals surface area contributed by atoms with Crippen LogP contribution in [0.3, 0.4) is 0 Å². The molecule has 0 radical (unpaired) electrons. The van der Waals surface area contributed by atoms with Crippen molar-refractivity contribution in [1.29, 1.82) is 0 Å². The van der Waals surface area contributed by atoms with Crippen LogP contribution in [-0.4, -0.2) is 24.2 Å². The highest BCUT2D eigenvalue weighted by atomic mass is 35.5. The molecule has 0 N–H and O–H groups in total. The van der Waals surface area contributed by atoms with E-state index in [0.29, 0.717) is 5.95 Å². The van der Waals surface area contributed by atoms with E-state index < -0.39 is 0 Å². The number of hydrogen-bond acceptors (Lipinski definition) is 4. The minimum atomic E-state index is -0.00769. The lowest BCUT2D eigenvalue weighted by Gasteiger charge is -2.11. The van der Waals surface area contributed by atoms with E-state index in [0.717, 1.165) is 35.7 Å².